The molecule has 0 spiro atoms. The summed E-state index contributed by atoms with van der Waals surface area (Å²) < 4.78 is 26.9. The van der Waals surface area contributed by atoms with E-state index in [4.69, 9.17) is 5.26 Å². The Balaban J connectivity index is 2.17. The molecule has 1 saturated carbocycles. The van der Waals surface area contributed by atoms with Gasteiger partial charge in [0.25, 0.3) is 5.91 Å². The molecule has 22 heavy (non-hydrogen) atoms. The number of sulfonamides is 1. The van der Waals surface area contributed by atoms with Crippen molar-refractivity contribution in [3.05, 3.63) is 29.8 Å². The van der Waals surface area contributed by atoms with Gasteiger partial charge in [-0.3, -0.25) is 4.79 Å². The Hall–Kier alpha value is -1.91. The van der Waals surface area contributed by atoms with Crippen LogP contribution in [0.5, 0.6) is 0 Å². The molecule has 0 aliphatic heterocycles. The number of hydrogen-bond acceptors (Lipinski definition) is 4. The molecule has 0 bridgehead atoms. The third-order valence-corrected chi connectivity index (χ3v) is 4.92. The summed E-state index contributed by atoms with van der Waals surface area (Å²) in [5.41, 5.74) is 0.222. The molecule has 6 nitrogen and oxygen atoms in total. The van der Waals surface area contributed by atoms with E-state index in [-0.39, 0.29) is 22.4 Å². The second-order valence-electron chi connectivity index (χ2n) is 5.75. The molecule has 0 radical (unpaired) electrons. The first-order valence-electron chi connectivity index (χ1n) is 7.16. The van der Waals surface area contributed by atoms with Crippen molar-refractivity contribution in [1.29, 1.82) is 5.26 Å². The molecule has 0 saturated heterocycles. The summed E-state index contributed by atoms with van der Waals surface area (Å²) in [6.45, 7) is 3.66. The maximum Gasteiger partial charge on any atom is 0.252 e. The minimum atomic E-state index is -3.60. The zero-order valence-corrected chi connectivity index (χ0v) is 13.4. The number of carbonyl (C=O) groups is 1. The first kappa shape index (κ1) is 16.5. The van der Waals surface area contributed by atoms with Crippen molar-refractivity contribution in [1.82, 2.24) is 10.0 Å². The number of carbonyl (C=O) groups excluding carboxylic acids is 1. The van der Waals surface area contributed by atoms with Crippen molar-refractivity contribution in [2.45, 2.75) is 43.7 Å². The first-order chi connectivity index (χ1) is 10.3. The lowest BCUT2D eigenvalue weighted by molar-refractivity contribution is 0.0937. The van der Waals surface area contributed by atoms with Gasteiger partial charge in [0.15, 0.2) is 0 Å². The molecule has 1 aromatic carbocycles. The molecule has 0 heterocycles. The Kier molecular flexibility index (Phi) is 4.84. The molecular formula is C15H19N3O3S. The quantitative estimate of drug-likeness (QED) is 0.827. The van der Waals surface area contributed by atoms with Gasteiger partial charge in [-0.15, -0.1) is 0 Å². The minimum absolute atomic E-state index is 0.00592. The van der Waals surface area contributed by atoms with Crippen LogP contribution >= 0.6 is 0 Å². The van der Waals surface area contributed by atoms with Crippen LogP contribution in [0.1, 0.15) is 37.0 Å². The predicted molar refractivity (Wildman–Crippen MR) is 81.5 cm³/mol. The van der Waals surface area contributed by atoms with Crippen LogP contribution < -0.4 is 10.0 Å². The molecule has 1 atom stereocenters. The highest BCUT2D eigenvalue weighted by molar-refractivity contribution is 7.89. The van der Waals surface area contributed by atoms with E-state index in [0.717, 1.165) is 12.8 Å². The predicted octanol–water partition coefficient (Wildman–Crippen LogP) is 1.41. The molecule has 1 aromatic rings. The Morgan fingerprint density at radius 3 is 2.59 bits per heavy atom. The SMILES string of the molecule is CC(C)[C@@H](C#N)NC(=O)c1cccc(S(=O)(=O)NC2CC2)c1. The summed E-state index contributed by atoms with van der Waals surface area (Å²) in [5.74, 6) is -0.485. The van der Waals surface area contributed by atoms with Gasteiger partial charge in [-0.1, -0.05) is 19.9 Å². The van der Waals surface area contributed by atoms with Crippen molar-refractivity contribution in [2.24, 2.45) is 5.92 Å². The second-order valence-corrected chi connectivity index (χ2v) is 7.46. The van der Waals surface area contributed by atoms with Crippen molar-refractivity contribution in [3.8, 4) is 6.07 Å². The number of hydrogen-bond donors (Lipinski definition) is 2. The van der Waals surface area contributed by atoms with Crippen LogP contribution in [0.3, 0.4) is 0 Å². The van der Waals surface area contributed by atoms with Gasteiger partial charge in [0.1, 0.15) is 6.04 Å². The molecule has 118 valence electrons. The van der Waals surface area contributed by atoms with Crippen LogP contribution in [0.2, 0.25) is 0 Å². The van der Waals surface area contributed by atoms with Crippen molar-refractivity contribution < 1.29 is 13.2 Å². The fourth-order valence-corrected chi connectivity index (χ4v) is 3.22. The summed E-state index contributed by atoms with van der Waals surface area (Å²) in [5, 5.41) is 11.6. The Morgan fingerprint density at radius 2 is 2.05 bits per heavy atom. The maximum absolute atomic E-state index is 12.2. The van der Waals surface area contributed by atoms with Crippen LogP contribution in [0.4, 0.5) is 0 Å². The first-order valence-corrected chi connectivity index (χ1v) is 8.64. The summed E-state index contributed by atoms with van der Waals surface area (Å²) in [4.78, 5) is 12.2. The molecule has 0 aromatic heterocycles. The molecule has 2 rings (SSSR count). The van der Waals surface area contributed by atoms with Gasteiger partial charge in [-0.25, -0.2) is 13.1 Å². The highest BCUT2D eigenvalue weighted by Crippen LogP contribution is 2.22. The van der Waals surface area contributed by atoms with Crippen molar-refractivity contribution in [3.63, 3.8) is 0 Å². The van der Waals surface area contributed by atoms with Gasteiger partial charge in [-0.05, 0) is 37.0 Å². The molecule has 7 heteroatoms. The maximum atomic E-state index is 12.2. The number of nitrogens with one attached hydrogen (secondary N) is 2. The second kappa shape index (κ2) is 6.46. The standard InChI is InChI=1S/C15H19N3O3S/c1-10(2)14(9-16)17-15(19)11-4-3-5-13(8-11)22(20,21)18-12-6-7-12/h3-5,8,10,12,14,18H,6-7H2,1-2H3,(H,17,19)/t14-/m1/s1. The summed E-state index contributed by atoms with van der Waals surface area (Å²) >= 11 is 0. The number of rotatable bonds is 6. The van der Waals surface area contributed by atoms with E-state index in [2.05, 4.69) is 10.0 Å². The summed E-state index contributed by atoms with van der Waals surface area (Å²) in [6.07, 6.45) is 1.69. The largest absolute Gasteiger partial charge is 0.336 e. The summed E-state index contributed by atoms with van der Waals surface area (Å²) in [6, 6.07) is 7.24. The minimum Gasteiger partial charge on any atom is -0.336 e. The number of benzene rings is 1. The van der Waals surface area contributed by atoms with Gasteiger partial charge >= 0.3 is 0 Å². The van der Waals surface area contributed by atoms with E-state index in [0.29, 0.717) is 0 Å². The van der Waals surface area contributed by atoms with Crippen LogP contribution in [-0.4, -0.2) is 26.4 Å². The smallest absolute Gasteiger partial charge is 0.252 e. The molecular weight excluding hydrogens is 302 g/mol. The van der Waals surface area contributed by atoms with E-state index < -0.39 is 22.0 Å². The zero-order valence-electron chi connectivity index (χ0n) is 12.5. The van der Waals surface area contributed by atoms with E-state index in [9.17, 15) is 13.2 Å². The van der Waals surface area contributed by atoms with Crippen LogP contribution in [0.25, 0.3) is 0 Å². The van der Waals surface area contributed by atoms with Crippen molar-refractivity contribution >= 4 is 15.9 Å². The van der Waals surface area contributed by atoms with Crippen molar-refractivity contribution in [2.75, 3.05) is 0 Å². The lowest BCUT2D eigenvalue weighted by atomic mass is 10.1. The third-order valence-electron chi connectivity index (χ3n) is 3.40. The van der Waals surface area contributed by atoms with E-state index in [1.165, 1.54) is 24.3 Å². The number of amides is 1. The Morgan fingerprint density at radius 1 is 1.36 bits per heavy atom. The van der Waals surface area contributed by atoms with Gasteiger partial charge < -0.3 is 5.32 Å². The number of nitriles is 1. The lowest BCUT2D eigenvalue weighted by Crippen LogP contribution is -2.37. The van der Waals surface area contributed by atoms with E-state index >= 15 is 0 Å². The molecule has 1 aliphatic rings. The molecule has 1 fully saturated rings. The highest BCUT2D eigenvalue weighted by Gasteiger charge is 2.28. The van der Waals surface area contributed by atoms with Crippen LogP contribution in [0.15, 0.2) is 29.2 Å². The average molecular weight is 321 g/mol. The Labute approximate surface area is 130 Å². The Bertz CT molecular complexity index is 703. The van der Waals surface area contributed by atoms with E-state index in [1.807, 2.05) is 19.9 Å². The lowest BCUT2D eigenvalue weighted by Gasteiger charge is -2.15. The molecule has 1 aliphatic carbocycles. The average Bonchev–Trinajstić information content (AvgIpc) is 3.27. The third kappa shape index (κ3) is 4.06. The zero-order chi connectivity index (χ0) is 16.3. The summed E-state index contributed by atoms with van der Waals surface area (Å²) in [7, 11) is -3.60. The normalized spacial score (nSPS) is 16.1. The fraction of sp³-hybridized carbons (Fsp3) is 0.467. The fourth-order valence-electron chi connectivity index (χ4n) is 1.87. The molecule has 2 N–H and O–H groups in total. The number of nitrogens with zero attached hydrogens (tertiary/aromatic N) is 1. The van der Waals surface area contributed by atoms with E-state index in [1.54, 1.807) is 0 Å². The highest BCUT2D eigenvalue weighted by atomic mass is 32.2. The topological polar surface area (TPSA) is 99.1 Å². The van der Waals surface area contributed by atoms with Gasteiger partial charge in [-0.2, -0.15) is 5.26 Å². The monoisotopic (exact) mass is 321 g/mol. The van der Waals surface area contributed by atoms with Gasteiger partial charge in [0.05, 0.1) is 11.0 Å². The van der Waals surface area contributed by atoms with Gasteiger partial charge in [0, 0.05) is 11.6 Å². The molecule has 0 unspecified atom stereocenters. The van der Waals surface area contributed by atoms with Gasteiger partial charge in [0.2, 0.25) is 10.0 Å². The van der Waals surface area contributed by atoms with Crippen LogP contribution in [0, 0.1) is 17.2 Å². The van der Waals surface area contributed by atoms with Crippen LogP contribution in [-0.2, 0) is 10.0 Å². The molecule has 1 amide bonds.